The van der Waals surface area contributed by atoms with Crippen molar-refractivity contribution >= 4 is 5.78 Å². The SMILES string of the molecule is CCCC(C)C(=O)C1CCC(CN)CC1. The molecule has 2 N–H and O–H groups in total. The van der Waals surface area contributed by atoms with Gasteiger partial charge in [0.25, 0.3) is 0 Å². The van der Waals surface area contributed by atoms with Gasteiger partial charge in [-0.05, 0) is 44.6 Å². The largest absolute Gasteiger partial charge is 0.330 e. The molecule has 0 aromatic heterocycles. The van der Waals surface area contributed by atoms with E-state index in [2.05, 4.69) is 13.8 Å². The molecule has 1 fully saturated rings. The van der Waals surface area contributed by atoms with Gasteiger partial charge in [-0.2, -0.15) is 0 Å². The van der Waals surface area contributed by atoms with Crippen molar-refractivity contribution in [1.29, 1.82) is 0 Å². The smallest absolute Gasteiger partial charge is 0.138 e. The molecular weight excluding hydrogens is 186 g/mol. The predicted molar refractivity (Wildman–Crippen MR) is 63.6 cm³/mol. The van der Waals surface area contributed by atoms with Crippen molar-refractivity contribution in [3.05, 3.63) is 0 Å². The molecule has 0 amide bonds. The van der Waals surface area contributed by atoms with Crippen LogP contribution in [0.4, 0.5) is 0 Å². The first-order chi connectivity index (χ1) is 7.19. The van der Waals surface area contributed by atoms with Gasteiger partial charge >= 0.3 is 0 Å². The van der Waals surface area contributed by atoms with Gasteiger partial charge in [-0.15, -0.1) is 0 Å². The molecule has 1 unspecified atom stereocenters. The molecule has 0 heterocycles. The second-order valence-electron chi connectivity index (χ2n) is 5.05. The highest BCUT2D eigenvalue weighted by Crippen LogP contribution is 2.31. The highest BCUT2D eigenvalue weighted by molar-refractivity contribution is 5.83. The number of hydrogen-bond acceptors (Lipinski definition) is 2. The maximum Gasteiger partial charge on any atom is 0.138 e. The molecule has 15 heavy (non-hydrogen) atoms. The molecule has 0 saturated heterocycles. The minimum Gasteiger partial charge on any atom is -0.330 e. The average Bonchev–Trinajstić information content (AvgIpc) is 2.28. The highest BCUT2D eigenvalue weighted by atomic mass is 16.1. The Balaban J connectivity index is 2.35. The number of hydrogen-bond donors (Lipinski definition) is 1. The van der Waals surface area contributed by atoms with E-state index in [0.29, 0.717) is 17.6 Å². The number of Topliss-reactive ketones (excluding diaryl/α,β-unsaturated/α-hetero) is 1. The lowest BCUT2D eigenvalue weighted by molar-refractivity contribution is -0.127. The third-order valence-electron chi connectivity index (χ3n) is 3.79. The molecule has 0 aromatic carbocycles. The van der Waals surface area contributed by atoms with Crippen LogP contribution < -0.4 is 5.73 Å². The van der Waals surface area contributed by atoms with Gasteiger partial charge in [-0.25, -0.2) is 0 Å². The summed E-state index contributed by atoms with van der Waals surface area (Å²) in [6.45, 7) is 5.03. The lowest BCUT2D eigenvalue weighted by Crippen LogP contribution is -2.28. The molecule has 0 spiro atoms. The standard InChI is InChI=1S/C13H25NO/c1-3-4-10(2)13(15)12-7-5-11(9-14)6-8-12/h10-12H,3-9,14H2,1-2H3. The quantitative estimate of drug-likeness (QED) is 0.760. The van der Waals surface area contributed by atoms with E-state index >= 15 is 0 Å². The molecule has 1 atom stereocenters. The summed E-state index contributed by atoms with van der Waals surface area (Å²) in [6.07, 6.45) is 6.64. The Bertz CT molecular complexity index is 195. The second kappa shape index (κ2) is 6.26. The van der Waals surface area contributed by atoms with E-state index in [-0.39, 0.29) is 5.92 Å². The Labute approximate surface area is 93.6 Å². The van der Waals surface area contributed by atoms with Gasteiger partial charge in [-0.1, -0.05) is 20.3 Å². The first kappa shape index (κ1) is 12.7. The maximum absolute atomic E-state index is 12.1. The number of nitrogens with two attached hydrogens (primary N) is 1. The topological polar surface area (TPSA) is 43.1 Å². The van der Waals surface area contributed by atoms with Gasteiger partial charge in [0.1, 0.15) is 5.78 Å². The zero-order valence-electron chi connectivity index (χ0n) is 10.2. The Morgan fingerprint density at radius 3 is 2.40 bits per heavy atom. The van der Waals surface area contributed by atoms with E-state index in [1.54, 1.807) is 0 Å². The lowest BCUT2D eigenvalue weighted by atomic mass is 9.77. The Kier molecular flexibility index (Phi) is 5.30. The van der Waals surface area contributed by atoms with Crippen molar-refractivity contribution in [2.75, 3.05) is 6.54 Å². The third-order valence-corrected chi connectivity index (χ3v) is 3.79. The van der Waals surface area contributed by atoms with Gasteiger partial charge < -0.3 is 5.73 Å². The first-order valence-corrected chi connectivity index (χ1v) is 6.42. The number of ketones is 1. The minimum absolute atomic E-state index is 0.273. The summed E-state index contributed by atoms with van der Waals surface area (Å²) in [5, 5.41) is 0. The van der Waals surface area contributed by atoms with Gasteiger partial charge in [0.2, 0.25) is 0 Å². The van der Waals surface area contributed by atoms with Crippen LogP contribution in [-0.4, -0.2) is 12.3 Å². The predicted octanol–water partition coefficient (Wildman–Crippen LogP) is 2.76. The van der Waals surface area contributed by atoms with Crippen molar-refractivity contribution in [3.8, 4) is 0 Å². The summed E-state index contributed by atoms with van der Waals surface area (Å²) in [4.78, 5) is 12.1. The molecule has 0 aromatic rings. The van der Waals surface area contributed by atoms with Crippen LogP contribution in [0.15, 0.2) is 0 Å². The molecule has 2 heteroatoms. The third kappa shape index (κ3) is 3.60. The summed E-state index contributed by atoms with van der Waals surface area (Å²) < 4.78 is 0. The van der Waals surface area contributed by atoms with Crippen LogP contribution in [0.2, 0.25) is 0 Å². The van der Waals surface area contributed by atoms with Crippen LogP contribution in [0.5, 0.6) is 0 Å². The van der Waals surface area contributed by atoms with Gasteiger partial charge in [-0.3, -0.25) is 4.79 Å². The van der Waals surface area contributed by atoms with Crippen molar-refractivity contribution in [2.45, 2.75) is 52.4 Å². The van der Waals surface area contributed by atoms with E-state index < -0.39 is 0 Å². The van der Waals surface area contributed by atoms with Gasteiger partial charge in [0, 0.05) is 11.8 Å². The summed E-state index contributed by atoms with van der Waals surface area (Å²) >= 11 is 0. The fourth-order valence-electron chi connectivity index (χ4n) is 2.66. The molecule has 1 saturated carbocycles. The van der Waals surface area contributed by atoms with Crippen molar-refractivity contribution in [2.24, 2.45) is 23.5 Å². The summed E-state index contributed by atoms with van der Waals surface area (Å²) in [5.41, 5.74) is 5.65. The van der Waals surface area contributed by atoms with E-state index in [9.17, 15) is 4.79 Å². The maximum atomic E-state index is 12.1. The van der Waals surface area contributed by atoms with Crippen molar-refractivity contribution in [1.82, 2.24) is 0 Å². The van der Waals surface area contributed by atoms with Crippen LogP contribution in [0, 0.1) is 17.8 Å². The first-order valence-electron chi connectivity index (χ1n) is 6.42. The summed E-state index contributed by atoms with van der Waals surface area (Å²) in [6, 6.07) is 0. The Hall–Kier alpha value is -0.370. The summed E-state index contributed by atoms with van der Waals surface area (Å²) in [7, 11) is 0. The van der Waals surface area contributed by atoms with Crippen LogP contribution in [0.25, 0.3) is 0 Å². The molecule has 1 aliphatic carbocycles. The van der Waals surface area contributed by atoms with Gasteiger partial charge in [0.05, 0.1) is 0 Å². The second-order valence-corrected chi connectivity index (χ2v) is 5.05. The Morgan fingerprint density at radius 1 is 1.33 bits per heavy atom. The van der Waals surface area contributed by atoms with E-state index in [1.165, 1.54) is 0 Å². The molecule has 88 valence electrons. The number of carbonyl (C=O) groups excluding carboxylic acids is 1. The van der Waals surface area contributed by atoms with Crippen LogP contribution in [0.3, 0.4) is 0 Å². The number of carbonyl (C=O) groups is 1. The van der Waals surface area contributed by atoms with Crippen molar-refractivity contribution < 1.29 is 4.79 Å². The van der Waals surface area contributed by atoms with Gasteiger partial charge in [0.15, 0.2) is 0 Å². The zero-order valence-corrected chi connectivity index (χ0v) is 10.2. The normalized spacial score (nSPS) is 28.7. The molecular formula is C13H25NO. The number of rotatable bonds is 5. The molecule has 0 bridgehead atoms. The molecule has 1 aliphatic rings. The van der Waals surface area contributed by atoms with E-state index in [4.69, 9.17) is 5.73 Å². The molecule has 1 rings (SSSR count). The monoisotopic (exact) mass is 211 g/mol. The highest BCUT2D eigenvalue weighted by Gasteiger charge is 2.27. The molecule has 2 nitrogen and oxygen atoms in total. The lowest BCUT2D eigenvalue weighted by Gasteiger charge is -2.28. The molecule has 0 radical (unpaired) electrons. The summed E-state index contributed by atoms with van der Waals surface area (Å²) in [5.74, 6) is 1.80. The van der Waals surface area contributed by atoms with E-state index in [0.717, 1.165) is 45.1 Å². The Morgan fingerprint density at radius 2 is 1.93 bits per heavy atom. The zero-order chi connectivity index (χ0) is 11.3. The minimum atomic E-state index is 0.273. The molecule has 0 aliphatic heterocycles. The fourth-order valence-corrected chi connectivity index (χ4v) is 2.66. The van der Waals surface area contributed by atoms with Crippen LogP contribution >= 0.6 is 0 Å². The van der Waals surface area contributed by atoms with Crippen molar-refractivity contribution in [3.63, 3.8) is 0 Å². The van der Waals surface area contributed by atoms with E-state index in [1.807, 2.05) is 0 Å². The fraction of sp³-hybridized carbons (Fsp3) is 0.923. The average molecular weight is 211 g/mol. The van der Waals surface area contributed by atoms with Crippen LogP contribution in [0.1, 0.15) is 52.4 Å². The van der Waals surface area contributed by atoms with Crippen LogP contribution in [-0.2, 0) is 4.79 Å².